The summed E-state index contributed by atoms with van der Waals surface area (Å²) in [6, 6.07) is 25.5. The predicted octanol–water partition coefficient (Wildman–Crippen LogP) is 5.14. The molecule has 4 aromatic rings. The Balaban J connectivity index is 1.27. The van der Waals surface area contributed by atoms with E-state index in [1.165, 1.54) is 0 Å². The van der Waals surface area contributed by atoms with Crippen LogP contribution in [0.5, 0.6) is 0 Å². The highest BCUT2D eigenvalue weighted by molar-refractivity contribution is 7.10. The fraction of sp³-hybridized carbons (Fsp3) is 0.241. The highest BCUT2D eigenvalue weighted by Crippen LogP contribution is 2.26. The summed E-state index contributed by atoms with van der Waals surface area (Å²) in [6.07, 6.45) is 3.76. The Labute approximate surface area is 214 Å². The minimum absolute atomic E-state index is 0.0311. The number of carbonyl (C=O) groups is 2. The van der Waals surface area contributed by atoms with E-state index < -0.39 is 0 Å². The van der Waals surface area contributed by atoms with Gasteiger partial charge in [-0.1, -0.05) is 48.5 Å². The van der Waals surface area contributed by atoms with Crippen LogP contribution in [0.1, 0.15) is 51.0 Å². The summed E-state index contributed by atoms with van der Waals surface area (Å²) < 4.78 is 5.56. The summed E-state index contributed by atoms with van der Waals surface area (Å²) in [4.78, 5) is 28.7. The maximum absolute atomic E-state index is 13.3. The molecular formula is C29H29N3O3S. The lowest BCUT2D eigenvalue weighted by molar-refractivity contribution is -0.123. The van der Waals surface area contributed by atoms with E-state index in [0.29, 0.717) is 24.7 Å². The summed E-state index contributed by atoms with van der Waals surface area (Å²) >= 11 is 1.63. The number of furan rings is 1. The summed E-state index contributed by atoms with van der Waals surface area (Å²) in [5.74, 6) is 0.696. The monoisotopic (exact) mass is 499 g/mol. The molecule has 2 aromatic carbocycles. The zero-order valence-electron chi connectivity index (χ0n) is 19.9. The van der Waals surface area contributed by atoms with E-state index in [4.69, 9.17) is 4.42 Å². The molecule has 7 heteroatoms. The van der Waals surface area contributed by atoms with Crippen LogP contribution in [0.3, 0.4) is 0 Å². The van der Waals surface area contributed by atoms with Crippen molar-refractivity contribution in [2.24, 2.45) is 0 Å². The number of thiophene rings is 1. The molecule has 0 aliphatic heterocycles. The molecule has 2 heterocycles. The normalized spacial score (nSPS) is 13.9. The number of amides is 2. The number of nitrogens with one attached hydrogen (secondary N) is 2. The van der Waals surface area contributed by atoms with Gasteiger partial charge in [0.15, 0.2) is 0 Å². The molecule has 6 nitrogen and oxygen atoms in total. The molecule has 2 aromatic heterocycles. The van der Waals surface area contributed by atoms with Crippen molar-refractivity contribution in [3.05, 3.63) is 118 Å². The van der Waals surface area contributed by atoms with Gasteiger partial charge >= 0.3 is 0 Å². The first-order valence-electron chi connectivity index (χ1n) is 12.2. The molecular weight excluding hydrogens is 470 g/mol. The molecule has 36 heavy (non-hydrogen) atoms. The van der Waals surface area contributed by atoms with Crippen LogP contribution in [-0.2, 0) is 17.9 Å². The van der Waals surface area contributed by atoms with Crippen LogP contribution < -0.4 is 10.6 Å². The van der Waals surface area contributed by atoms with Crippen molar-refractivity contribution in [2.45, 2.75) is 38.0 Å². The first kappa shape index (κ1) is 24.0. The van der Waals surface area contributed by atoms with E-state index in [-0.39, 0.29) is 24.4 Å². The molecule has 1 fully saturated rings. The third-order valence-corrected chi connectivity index (χ3v) is 7.06. The van der Waals surface area contributed by atoms with Gasteiger partial charge in [0.1, 0.15) is 5.76 Å². The Kier molecular flexibility index (Phi) is 7.59. The maximum atomic E-state index is 13.3. The summed E-state index contributed by atoms with van der Waals surface area (Å²) in [7, 11) is 0. The summed E-state index contributed by atoms with van der Waals surface area (Å²) in [6.45, 7) is 1.26. The fourth-order valence-electron chi connectivity index (χ4n) is 4.14. The molecule has 2 amide bonds. The van der Waals surface area contributed by atoms with Gasteiger partial charge in [0.25, 0.3) is 5.91 Å². The van der Waals surface area contributed by atoms with Crippen molar-refractivity contribution in [3.8, 4) is 0 Å². The Bertz CT molecular complexity index is 1250. The van der Waals surface area contributed by atoms with Gasteiger partial charge in [-0.2, -0.15) is 0 Å². The largest absolute Gasteiger partial charge is 0.468 e. The molecule has 1 unspecified atom stereocenters. The average Bonchev–Trinajstić information content (AvgIpc) is 3.31. The van der Waals surface area contributed by atoms with E-state index in [9.17, 15) is 9.59 Å². The Morgan fingerprint density at radius 3 is 2.42 bits per heavy atom. The number of rotatable bonds is 11. The van der Waals surface area contributed by atoms with Crippen molar-refractivity contribution in [2.75, 3.05) is 6.54 Å². The van der Waals surface area contributed by atoms with Crippen LogP contribution in [-0.4, -0.2) is 29.3 Å². The SMILES string of the molecule is O=C(CN(Cc1ccc(C(=O)NC2CC2)cc1)Cc1ccco1)NC(c1ccccc1)c1cccs1. The molecule has 1 saturated carbocycles. The second kappa shape index (κ2) is 11.4. The summed E-state index contributed by atoms with van der Waals surface area (Å²) in [5.41, 5.74) is 2.73. The molecule has 2 N–H and O–H groups in total. The third-order valence-electron chi connectivity index (χ3n) is 6.13. The number of hydrogen-bond acceptors (Lipinski definition) is 5. The third kappa shape index (κ3) is 6.50. The number of nitrogens with zero attached hydrogens (tertiary/aromatic N) is 1. The van der Waals surface area contributed by atoms with Gasteiger partial charge < -0.3 is 15.1 Å². The smallest absolute Gasteiger partial charge is 0.251 e. The van der Waals surface area contributed by atoms with Crippen molar-refractivity contribution < 1.29 is 14.0 Å². The topological polar surface area (TPSA) is 74.6 Å². The van der Waals surface area contributed by atoms with E-state index in [0.717, 1.165) is 34.6 Å². The van der Waals surface area contributed by atoms with E-state index in [1.807, 2.05) is 89.1 Å². The highest BCUT2D eigenvalue weighted by Gasteiger charge is 2.24. The quantitative estimate of drug-likeness (QED) is 0.300. The number of hydrogen-bond donors (Lipinski definition) is 2. The van der Waals surface area contributed by atoms with Gasteiger partial charge in [-0.25, -0.2) is 0 Å². The van der Waals surface area contributed by atoms with Crippen molar-refractivity contribution in [3.63, 3.8) is 0 Å². The second-order valence-electron chi connectivity index (χ2n) is 9.10. The van der Waals surface area contributed by atoms with Crippen LogP contribution in [0.2, 0.25) is 0 Å². The van der Waals surface area contributed by atoms with E-state index in [2.05, 4.69) is 10.6 Å². The van der Waals surface area contributed by atoms with Gasteiger partial charge in [-0.15, -0.1) is 11.3 Å². The lowest BCUT2D eigenvalue weighted by Crippen LogP contribution is -2.38. The van der Waals surface area contributed by atoms with Gasteiger partial charge in [0.05, 0.1) is 25.4 Å². The Morgan fingerprint density at radius 1 is 0.944 bits per heavy atom. The lowest BCUT2D eigenvalue weighted by Gasteiger charge is -2.24. The lowest BCUT2D eigenvalue weighted by atomic mass is 10.1. The van der Waals surface area contributed by atoms with E-state index in [1.54, 1.807) is 17.6 Å². The van der Waals surface area contributed by atoms with Gasteiger partial charge in [-0.05, 0) is 59.7 Å². The Morgan fingerprint density at radius 2 is 1.75 bits per heavy atom. The van der Waals surface area contributed by atoms with Crippen LogP contribution >= 0.6 is 11.3 Å². The number of benzene rings is 2. The highest BCUT2D eigenvalue weighted by atomic mass is 32.1. The van der Waals surface area contributed by atoms with Crippen molar-refractivity contribution >= 4 is 23.2 Å². The first-order valence-corrected chi connectivity index (χ1v) is 13.0. The number of carbonyl (C=O) groups excluding carboxylic acids is 2. The van der Waals surface area contributed by atoms with Gasteiger partial charge in [0, 0.05) is 23.0 Å². The molecule has 0 spiro atoms. The van der Waals surface area contributed by atoms with Crippen LogP contribution in [0.15, 0.2) is 94.9 Å². The van der Waals surface area contributed by atoms with Gasteiger partial charge in [-0.3, -0.25) is 14.5 Å². The summed E-state index contributed by atoms with van der Waals surface area (Å²) in [5, 5.41) is 8.26. The minimum Gasteiger partial charge on any atom is -0.468 e. The first-order chi connectivity index (χ1) is 17.6. The predicted molar refractivity (Wildman–Crippen MR) is 140 cm³/mol. The second-order valence-corrected chi connectivity index (χ2v) is 10.1. The molecule has 0 bridgehead atoms. The fourth-order valence-corrected chi connectivity index (χ4v) is 4.94. The standard InChI is InChI=1S/C29H29N3O3S/c33-27(31-28(26-9-5-17-36-26)22-6-2-1-3-7-22)20-32(19-25-8-4-16-35-25)18-21-10-12-23(13-11-21)29(34)30-24-14-15-24/h1-13,16-17,24,28H,14-15,18-20H2,(H,30,34)(H,31,33). The van der Waals surface area contributed by atoms with Gasteiger partial charge in [0.2, 0.25) is 5.91 Å². The molecule has 184 valence electrons. The molecule has 0 radical (unpaired) electrons. The minimum atomic E-state index is -0.201. The van der Waals surface area contributed by atoms with Crippen LogP contribution in [0, 0.1) is 0 Å². The molecule has 0 saturated heterocycles. The van der Waals surface area contributed by atoms with Crippen molar-refractivity contribution in [1.82, 2.24) is 15.5 Å². The van der Waals surface area contributed by atoms with Crippen molar-refractivity contribution in [1.29, 1.82) is 0 Å². The molecule has 1 aliphatic rings. The van der Waals surface area contributed by atoms with E-state index >= 15 is 0 Å². The Hall–Kier alpha value is -3.68. The zero-order chi connectivity index (χ0) is 24.7. The average molecular weight is 500 g/mol. The molecule has 1 aliphatic carbocycles. The van der Waals surface area contributed by atoms with Crippen LogP contribution in [0.4, 0.5) is 0 Å². The molecule has 1 atom stereocenters. The molecule has 5 rings (SSSR count). The van der Waals surface area contributed by atoms with Crippen LogP contribution in [0.25, 0.3) is 0 Å². The zero-order valence-corrected chi connectivity index (χ0v) is 20.7. The maximum Gasteiger partial charge on any atom is 0.251 e.